The van der Waals surface area contributed by atoms with Crippen molar-refractivity contribution in [1.29, 1.82) is 0 Å². The number of benzene rings is 1. The fourth-order valence-corrected chi connectivity index (χ4v) is 4.18. The molecular weight excluding hydrogens is 536 g/mol. The summed E-state index contributed by atoms with van der Waals surface area (Å²) in [6.07, 6.45) is 1.06. The largest absolute Gasteiger partial charge is 0.481 e. The number of aromatic amines is 1. The highest BCUT2D eigenvalue weighted by molar-refractivity contribution is 5.95. The van der Waals surface area contributed by atoms with Crippen LogP contribution in [0, 0.1) is 5.92 Å². The molecule has 0 radical (unpaired) electrons. The highest BCUT2D eigenvalue weighted by Crippen LogP contribution is 2.19. The molecule has 10 N–H and O–H groups in total. The number of fused-ring (bicyclic) bond motifs is 1. The van der Waals surface area contributed by atoms with Crippen LogP contribution in [0.2, 0.25) is 0 Å². The normalized spacial score (nSPS) is 14.7. The van der Waals surface area contributed by atoms with Gasteiger partial charge in [0.15, 0.2) is 0 Å². The summed E-state index contributed by atoms with van der Waals surface area (Å²) in [5.74, 6) is -5.99. The third-order valence-electron chi connectivity index (χ3n) is 6.83. The zero-order chi connectivity index (χ0) is 30.7. The number of nitrogens with two attached hydrogens (primary N) is 2. The standard InChI is InChI=1S/C27H38N6O8/c1-3-14(2)23(26(39)32-20(27(40)41)12-15-13-30-18-7-5-4-6-16(15)18)33-25(38)19(9-11-22(35)36)31-24(37)17(28)8-10-21(29)34/h4-7,13-14,17,19-20,23,30H,3,8-12,28H2,1-2H3,(H2,29,34)(H,31,37)(H,32,39)(H,33,38)(H,35,36)(H,40,41). The van der Waals surface area contributed by atoms with Crippen molar-refractivity contribution in [3.05, 3.63) is 36.0 Å². The highest BCUT2D eigenvalue weighted by Gasteiger charge is 2.33. The number of amides is 4. The van der Waals surface area contributed by atoms with Gasteiger partial charge in [0.1, 0.15) is 18.1 Å². The Balaban J connectivity index is 2.19. The summed E-state index contributed by atoms with van der Waals surface area (Å²) in [7, 11) is 0. The lowest BCUT2D eigenvalue weighted by molar-refractivity contribution is -0.142. The third-order valence-corrected chi connectivity index (χ3v) is 6.83. The minimum absolute atomic E-state index is 0.0211. The van der Waals surface area contributed by atoms with E-state index in [9.17, 15) is 33.9 Å². The number of H-pyrrole nitrogens is 1. The van der Waals surface area contributed by atoms with Crippen molar-refractivity contribution < 1.29 is 39.0 Å². The predicted molar refractivity (Wildman–Crippen MR) is 148 cm³/mol. The molecule has 0 bridgehead atoms. The van der Waals surface area contributed by atoms with Crippen molar-refractivity contribution in [2.24, 2.45) is 17.4 Å². The molecule has 0 spiro atoms. The van der Waals surface area contributed by atoms with Crippen LogP contribution in [0.3, 0.4) is 0 Å². The molecule has 14 nitrogen and oxygen atoms in total. The number of para-hydroxylation sites is 1. The van der Waals surface area contributed by atoms with Crippen LogP contribution >= 0.6 is 0 Å². The quantitative estimate of drug-likeness (QED) is 0.124. The summed E-state index contributed by atoms with van der Waals surface area (Å²) < 4.78 is 0. The number of aromatic nitrogens is 1. The molecule has 224 valence electrons. The molecule has 5 atom stereocenters. The molecule has 41 heavy (non-hydrogen) atoms. The maximum atomic E-state index is 13.3. The number of carbonyl (C=O) groups excluding carboxylic acids is 4. The van der Waals surface area contributed by atoms with E-state index < -0.39 is 72.1 Å². The molecule has 0 saturated heterocycles. The zero-order valence-corrected chi connectivity index (χ0v) is 23.0. The van der Waals surface area contributed by atoms with Crippen molar-refractivity contribution in [2.75, 3.05) is 0 Å². The third kappa shape index (κ3) is 9.90. The maximum Gasteiger partial charge on any atom is 0.326 e. The number of primary amides is 1. The number of hydrogen-bond acceptors (Lipinski definition) is 7. The highest BCUT2D eigenvalue weighted by atomic mass is 16.4. The van der Waals surface area contributed by atoms with E-state index in [0.29, 0.717) is 12.0 Å². The van der Waals surface area contributed by atoms with E-state index in [-0.39, 0.29) is 25.7 Å². The van der Waals surface area contributed by atoms with Crippen molar-refractivity contribution in [2.45, 2.75) is 76.5 Å². The summed E-state index contributed by atoms with van der Waals surface area (Å²) >= 11 is 0. The van der Waals surface area contributed by atoms with Gasteiger partial charge in [-0.2, -0.15) is 0 Å². The minimum atomic E-state index is -1.36. The van der Waals surface area contributed by atoms with Crippen LogP contribution in [-0.4, -0.2) is 74.9 Å². The number of carboxylic acid groups (broad SMARTS) is 2. The van der Waals surface area contributed by atoms with Crippen molar-refractivity contribution in [3.8, 4) is 0 Å². The van der Waals surface area contributed by atoms with Crippen molar-refractivity contribution >= 4 is 46.5 Å². The van der Waals surface area contributed by atoms with E-state index in [0.717, 1.165) is 10.9 Å². The zero-order valence-electron chi connectivity index (χ0n) is 23.0. The lowest BCUT2D eigenvalue weighted by Crippen LogP contribution is -2.59. The van der Waals surface area contributed by atoms with Gasteiger partial charge in [-0.05, 0) is 30.4 Å². The van der Waals surface area contributed by atoms with Crippen molar-refractivity contribution in [3.63, 3.8) is 0 Å². The Morgan fingerprint density at radius 2 is 1.56 bits per heavy atom. The Hall–Kier alpha value is -4.46. The van der Waals surface area contributed by atoms with Gasteiger partial charge >= 0.3 is 11.9 Å². The van der Waals surface area contributed by atoms with Gasteiger partial charge in [0.05, 0.1) is 6.04 Å². The monoisotopic (exact) mass is 574 g/mol. The Bertz CT molecular complexity index is 1260. The van der Waals surface area contributed by atoms with Gasteiger partial charge in [0.25, 0.3) is 0 Å². The minimum Gasteiger partial charge on any atom is -0.481 e. The predicted octanol–water partition coefficient (Wildman–Crippen LogP) is -0.247. The average molecular weight is 575 g/mol. The average Bonchev–Trinajstić information content (AvgIpc) is 3.33. The topological polar surface area (TPSA) is 247 Å². The van der Waals surface area contributed by atoms with Crippen molar-refractivity contribution in [1.82, 2.24) is 20.9 Å². The molecule has 1 aromatic carbocycles. The molecule has 0 aliphatic carbocycles. The summed E-state index contributed by atoms with van der Waals surface area (Å²) in [6.45, 7) is 3.46. The summed E-state index contributed by atoms with van der Waals surface area (Å²) in [4.78, 5) is 76.3. The first-order valence-electron chi connectivity index (χ1n) is 13.3. The second-order valence-electron chi connectivity index (χ2n) is 9.94. The number of hydrogen-bond donors (Lipinski definition) is 8. The molecular formula is C27H38N6O8. The molecule has 5 unspecified atom stereocenters. The van der Waals surface area contributed by atoms with Gasteiger partial charge < -0.3 is 42.6 Å². The second kappa shape index (κ2) is 15.4. The number of carboxylic acids is 2. The molecule has 2 aromatic rings. The number of rotatable bonds is 17. The second-order valence-corrected chi connectivity index (χ2v) is 9.94. The fraction of sp³-hybridized carbons (Fsp3) is 0.481. The lowest BCUT2D eigenvalue weighted by Gasteiger charge is -2.28. The molecule has 1 heterocycles. The van der Waals surface area contributed by atoms with E-state index in [4.69, 9.17) is 16.6 Å². The Labute approximate surface area is 236 Å². The van der Waals surface area contributed by atoms with Gasteiger partial charge in [0.2, 0.25) is 23.6 Å². The van der Waals surface area contributed by atoms with E-state index in [1.165, 1.54) is 0 Å². The SMILES string of the molecule is CCC(C)C(NC(=O)C(CCC(=O)O)NC(=O)C(N)CCC(N)=O)C(=O)NC(Cc1c[nH]c2ccccc12)C(=O)O. The van der Waals surface area contributed by atoms with Gasteiger partial charge in [-0.1, -0.05) is 38.5 Å². The van der Waals surface area contributed by atoms with E-state index in [1.54, 1.807) is 20.0 Å². The number of aliphatic carboxylic acids is 2. The first kappa shape index (κ1) is 32.8. The fourth-order valence-electron chi connectivity index (χ4n) is 4.18. The van der Waals surface area contributed by atoms with Crippen LogP contribution in [0.15, 0.2) is 30.5 Å². The van der Waals surface area contributed by atoms with Crippen LogP contribution in [0.5, 0.6) is 0 Å². The Kier molecular flexibility index (Phi) is 12.3. The lowest BCUT2D eigenvalue weighted by atomic mass is 9.96. The van der Waals surface area contributed by atoms with Crippen LogP contribution in [0.25, 0.3) is 10.9 Å². The van der Waals surface area contributed by atoms with Gasteiger partial charge in [0, 0.05) is 36.4 Å². The molecule has 14 heteroatoms. The molecule has 4 amide bonds. The molecule has 0 fully saturated rings. The van der Waals surface area contributed by atoms with E-state index >= 15 is 0 Å². The Morgan fingerprint density at radius 3 is 2.17 bits per heavy atom. The molecule has 0 saturated carbocycles. The molecule has 2 rings (SSSR count). The maximum absolute atomic E-state index is 13.3. The number of carbonyl (C=O) groups is 6. The van der Waals surface area contributed by atoms with Crippen LogP contribution < -0.4 is 27.4 Å². The van der Waals surface area contributed by atoms with Crippen LogP contribution in [-0.2, 0) is 35.2 Å². The first-order valence-corrected chi connectivity index (χ1v) is 13.3. The van der Waals surface area contributed by atoms with Gasteiger partial charge in [-0.15, -0.1) is 0 Å². The number of nitrogens with one attached hydrogen (secondary N) is 4. The van der Waals surface area contributed by atoms with E-state index in [2.05, 4.69) is 20.9 Å². The molecule has 0 aliphatic rings. The first-order chi connectivity index (χ1) is 19.3. The molecule has 0 aliphatic heterocycles. The van der Waals surface area contributed by atoms with Gasteiger partial charge in [-0.25, -0.2) is 4.79 Å². The van der Waals surface area contributed by atoms with Crippen LogP contribution in [0.4, 0.5) is 0 Å². The summed E-state index contributed by atoms with van der Waals surface area (Å²) in [5, 5.41) is 27.2. The van der Waals surface area contributed by atoms with Crippen LogP contribution in [0.1, 0.15) is 51.5 Å². The summed E-state index contributed by atoms with van der Waals surface area (Å²) in [5.41, 5.74) is 12.3. The van der Waals surface area contributed by atoms with E-state index in [1.807, 2.05) is 24.3 Å². The molecule has 1 aromatic heterocycles. The smallest absolute Gasteiger partial charge is 0.326 e. The Morgan fingerprint density at radius 1 is 0.902 bits per heavy atom. The summed E-state index contributed by atoms with van der Waals surface area (Å²) in [6, 6.07) is 2.27. The van der Waals surface area contributed by atoms with Gasteiger partial charge in [-0.3, -0.25) is 24.0 Å².